The quantitative estimate of drug-likeness (QED) is 0.548. The van der Waals surface area contributed by atoms with Crippen molar-refractivity contribution in [3.8, 4) is 5.75 Å². The van der Waals surface area contributed by atoms with Crippen LogP contribution in [0, 0.1) is 5.92 Å². The first-order chi connectivity index (χ1) is 8.72. The van der Waals surface area contributed by atoms with Crippen LogP contribution in [-0.4, -0.2) is 6.61 Å². The Hall–Kier alpha value is -0.210. The minimum absolute atomic E-state index is 0.487. The van der Waals surface area contributed by atoms with Crippen molar-refractivity contribution in [3.05, 3.63) is 28.2 Å². The summed E-state index contributed by atoms with van der Waals surface area (Å²) in [6.45, 7) is 5.24. The smallest absolute Gasteiger partial charge is 0.137 e. The predicted octanol–water partition coefficient (Wildman–Crippen LogP) is 5.78. The van der Waals surface area contributed by atoms with Gasteiger partial charge in [0.15, 0.2) is 0 Å². The number of rotatable bonds is 8. The first-order valence-corrected chi connectivity index (χ1v) is 8.01. The molecular formula is C15H22BrClO. The molecule has 3 heteroatoms. The molecule has 18 heavy (non-hydrogen) atoms. The van der Waals surface area contributed by atoms with E-state index in [0.717, 1.165) is 22.4 Å². The van der Waals surface area contributed by atoms with Crippen LogP contribution in [0.5, 0.6) is 5.75 Å². The molecule has 1 atom stereocenters. The summed E-state index contributed by atoms with van der Waals surface area (Å²) in [4.78, 5) is 0. The van der Waals surface area contributed by atoms with Gasteiger partial charge in [0.1, 0.15) is 5.75 Å². The summed E-state index contributed by atoms with van der Waals surface area (Å²) in [5, 5.41) is 0. The topological polar surface area (TPSA) is 9.23 Å². The molecule has 0 aliphatic rings. The van der Waals surface area contributed by atoms with Gasteiger partial charge in [0.2, 0.25) is 0 Å². The van der Waals surface area contributed by atoms with Crippen LogP contribution in [-0.2, 0) is 5.88 Å². The second-order valence-corrected chi connectivity index (χ2v) is 5.71. The fourth-order valence-corrected chi connectivity index (χ4v) is 2.65. The Balaban J connectivity index is 2.61. The van der Waals surface area contributed by atoms with Crippen molar-refractivity contribution in [2.75, 3.05) is 6.61 Å². The normalized spacial score (nSPS) is 12.4. The van der Waals surface area contributed by atoms with E-state index in [1.54, 1.807) is 0 Å². The van der Waals surface area contributed by atoms with E-state index in [0.29, 0.717) is 11.8 Å². The summed E-state index contributed by atoms with van der Waals surface area (Å²) < 4.78 is 6.97. The van der Waals surface area contributed by atoms with E-state index in [2.05, 4.69) is 29.8 Å². The molecule has 102 valence electrons. The summed E-state index contributed by atoms with van der Waals surface area (Å²) in [7, 11) is 0. The van der Waals surface area contributed by atoms with Crippen LogP contribution in [0.25, 0.3) is 0 Å². The van der Waals surface area contributed by atoms with Gasteiger partial charge in [-0.3, -0.25) is 0 Å². The fraction of sp³-hybridized carbons (Fsp3) is 0.600. The van der Waals surface area contributed by atoms with Gasteiger partial charge in [0.05, 0.1) is 17.0 Å². The second kappa shape index (κ2) is 8.82. The lowest BCUT2D eigenvalue weighted by Gasteiger charge is -2.18. The van der Waals surface area contributed by atoms with Crippen molar-refractivity contribution in [1.29, 1.82) is 0 Å². The third-order valence-electron chi connectivity index (χ3n) is 3.20. The van der Waals surface area contributed by atoms with Gasteiger partial charge < -0.3 is 4.74 Å². The number of unbranched alkanes of at least 4 members (excludes halogenated alkanes) is 1. The van der Waals surface area contributed by atoms with E-state index < -0.39 is 0 Å². The number of hydrogen-bond acceptors (Lipinski definition) is 1. The molecule has 0 aliphatic carbocycles. The zero-order chi connectivity index (χ0) is 13.4. The molecule has 0 aliphatic heterocycles. The molecule has 0 N–H and O–H groups in total. The standard InChI is InChI=1S/C15H22BrClO/c1-3-5-7-12(4-2)11-18-15-13(10-17)8-6-9-14(15)16/h6,8-9,12H,3-5,7,10-11H2,1-2H3. The number of halogens is 2. The molecule has 0 amide bonds. The Bertz CT molecular complexity index is 354. The summed E-state index contributed by atoms with van der Waals surface area (Å²) in [6.07, 6.45) is 4.94. The molecule has 1 unspecified atom stereocenters. The lowest BCUT2D eigenvalue weighted by atomic mass is 10.0. The van der Waals surface area contributed by atoms with E-state index in [4.69, 9.17) is 16.3 Å². The molecule has 0 bridgehead atoms. The Kier molecular flexibility index (Phi) is 7.76. The number of benzene rings is 1. The molecule has 1 nitrogen and oxygen atoms in total. The molecule has 0 saturated heterocycles. The third-order valence-corrected chi connectivity index (χ3v) is 4.11. The average Bonchev–Trinajstić information content (AvgIpc) is 2.40. The summed E-state index contributed by atoms with van der Waals surface area (Å²) in [5.41, 5.74) is 1.05. The molecule has 0 radical (unpaired) electrons. The lowest BCUT2D eigenvalue weighted by molar-refractivity contribution is 0.231. The Morgan fingerprint density at radius 1 is 1.33 bits per heavy atom. The molecule has 1 rings (SSSR count). The number of alkyl halides is 1. The van der Waals surface area contributed by atoms with Crippen LogP contribution in [0.15, 0.2) is 22.7 Å². The van der Waals surface area contributed by atoms with E-state index in [1.807, 2.05) is 18.2 Å². The number of ether oxygens (including phenoxy) is 1. The van der Waals surface area contributed by atoms with Crippen LogP contribution < -0.4 is 4.74 Å². The Labute approximate surface area is 124 Å². The van der Waals surface area contributed by atoms with Crippen molar-refractivity contribution in [2.45, 2.75) is 45.4 Å². The van der Waals surface area contributed by atoms with E-state index in [9.17, 15) is 0 Å². The number of hydrogen-bond donors (Lipinski definition) is 0. The highest BCUT2D eigenvalue weighted by Gasteiger charge is 2.11. The maximum absolute atomic E-state index is 5.98. The molecule has 0 aromatic heterocycles. The van der Waals surface area contributed by atoms with Gasteiger partial charge in [-0.15, -0.1) is 11.6 Å². The molecule has 0 spiro atoms. The first kappa shape index (κ1) is 15.8. The first-order valence-electron chi connectivity index (χ1n) is 6.69. The van der Waals surface area contributed by atoms with Crippen molar-refractivity contribution in [3.63, 3.8) is 0 Å². The average molecular weight is 334 g/mol. The Morgan fingerprint density at radius 2 is 2.11 bits per heavy atom. The van der Waals surface area contributed by atoms with Gasteiger partial charge in [-0.1, -0.05) is 45.2 Å². The van der Waals surface area contributed by atoms with Gasteiger partial charge in [0.25, 0.3) is 0 Å². The predicted molar refractivity (Wildman–Crippen MR) is 82.5 cm³/mol. The van der Waals surface area contributed by atoms with Gasteiger partial charge in [0, 0.05) is 5.56 Å². The third kappa shape index (κ3) is 4.81. The van der Waals surface area contributed by atoms with Crippen LogP contribution in [0.1, 0.15) is 45.1 Å². The van der Waals surface area contributed by atoms with Crippen LogP contribution in [0.3, 0.4) is 0 Å². The van der Waals surface area contributed by atoms with Gasteiger partial charge in [-0.2, -0.15) is 0 Å². The van der Waals surface area contributed by atoms with Gasteiger partial charge in [-0.05, 0) is 34.3 Å². The highest BCUT2D eigenvalue weighted by atomic mass is 79.9. The van der Waals surface area contributed by atoms with Crippen LogP contribution in [0.2, 0.25) is 0 Å². The zero-order valence-corrected chi connectivity index (χ0v) is 13.6. The minimum atomic E-state index is 0.487. The minimum Gasteiger partial charge on any atom is -0.492 e. The van der Waals surface area contributed by atoms with Crippen molar-refractivity contribution in [1.82, 2.24) is 0 Å². The molecule has 1 aromatic rings. The summed E-state index contributed by atoms with van der Waals surface area (Å²) in [5.74, 6) is 2.03. The lowest BCUT2D eigenvalue weighted by Crippen LogP contribution is -2.12. The van der Waals surface area contributed by atoms with Crippen molar-refractivity contribution >= 4 is 27.5 Å². The van der Waals surface area contributed by atoms with Gasteiger partial charge in [-0.25, -0.2) is 0 Å². The van der Waals surface area contributed by atoms with Crippen molar-refractivity contribution in [2.24, 2.45) is 5.92 Å². The number of para-hydroxylation sites is 1. The van der Waals surface area contributed by atoms with E-state index in [1.165, 1.54) is 25.7 Å². The maximum Gasteiger partial charge on any atom is 0.137 e. The fourth-order valence-electron chi connectivity index (χ4n) is 1.92. The molecule has 0 fully saturated rings. The highest BCUT2D eigenvalue weighted by Crippen LogP contribution is 2.31. The highest BCUT2D eigenvalue weighted by molar-refractivity contribution is 9.10. The van der Waals surface area contributed by atoms with Crippen molar-refractivity contribution < 1.29 is 4.74 Å². The SMILES string of the molecule is CCCCC(CC)COc1c(Br)cccc1CCl. The Morgan fingerprint density at radius 3 is 2.72 bits per heavy atom. The van der Waals surface area contributed by atoms with Crippen LogP contribution in [0.4, 0.5) is 0 Å². The monoisotopic (exact) mass is 332 g/mol. The van der Waals surface area contributed by atoms with Gasteiger partial charge >= 0.3 is 0 Å². The largest absolute Gasteiger partial charge is 0.492 e. The molecular weight excluding hydrogens is 312 g/mol. The maximum atomic E-state index is 5.98. The van der Waals surface area contributed by atoms with E-state index in [-0.39, 0.29) is 0 Å². The summed E-state index contributed by atoms with van der Waals surface area (Å²) in [6, 6.07) is 6.00. The molecule has 0 saturated carbocycles. The van der Waals surface area contributed by atoms with Crippen LogP contribution >= 0.6 is 27.5 Å². The van der Waals surface area contributed by atoms with E-state index >= 15 is 0 Å². The second-order valence-electron chi connectivity index (χ2n) is 4.59. The molecule has 0 heterocycles. The summed E-state index contributed by atoms with van der Waals surface area (Å²) >= 11 is 9.46. The molecule has 1 aromatic carbocycles. The zero-order valence-electron chi connectivity index (χ0n) is 11.2.